The van der Waals surface area contributed by atoms with Gasteiger partial charge in [0.2, 0.25) is 5.89 Å². The SMILES string of the molecule is Cc1cc(C)c2oc(-c3cc(N=Cc4cc(Br)cc(Cl)c4O)ccc3O)nc2c1. The van der Waals surface area contributed by atoms with E-state index in [4.69, 9.17) is 16.0 Å². The molecule has 2 N–H and O–H groups in total. The summed E-state index contributed by atoms with van der Waals surface area (Å²) in [6.07, 6.45) is 1.50. The summed E-state index contributed by atoms with van der Waals surface area (Å²) in [6.45, 7) is 3.96. The van der Waals surface area contributed by atoms with Crippen LogP contribution in [0.1, 0.15) is 16.7 Å². The van der Waals surface area contributed by atoms with Crippen molar-refractivity contribution < 1.29 is 14.6 Å². The molecule has 4 aromatic rings. The van der Waals surface area contributed by atoms with Crippen molar-refractivity contribution in [1.82, 2.24) is 4.98 Å². The molecule has 0 bridgehead atoms. The average molecular weight is 472 g/mol. The zero-order valence-electron chi connectivity index (χ0n) is 15.6. The topological polar surface area (TPSA) is 78.9 Å². The largest absolute Gasteiger partial charge is 0.507 e. The maximum absolute atomic E-state index is 10.3. The minimum atomic E-state index is -0.0533. The quantitative estimate of drug-likeness (QED) is 0.326. The van der Waals surface area contributed by atoms with Gasteiger partial charge in [-0.3, -0.25) is 4.99 Å². The van der Waals surface area contributed by atoms with Crippen molar-refractivity contribution in [3.05, 3.63) is 68.7 Å². The van der Waals surface area contributed by atoms with Gasteiger partial charge in [-0.1, -0.05) is 33.6 Å². The first-order chi connectivity index (χ1) is 13.8. The molecule has 1 heterocycles. The van der Waals surface area contributed by atoms with Crippen LogP contribution >= 0.6 is 27.5 Å². The molecule has 0 aliphatic rings. The third-order valence-corrected chi connectivity index (χ3v) is 5.19. The van der Waals surface area contributed by atoms with Crippen LogP contribution in [0.4, 0.5) is 5.69 Å². The maximum Gasteiger partial charge on any atom is 0.231 e. The number of hydrogen-bond acceptors (Lipinski definition) is 5. The molecule has 1 aromatic heterocycles. The van der Waals surface area contributed by atoms with Crippen LogP contribution in [-0.4, -0.2) is 21.4 Å². The van der Waals surface area contributed by atoms with E-state index in [2.05, 4.69) is 25.9 Å². The van der Waals surface area contributed by atoms with Crippen molar-refractivity contribution in [3.63, 3.8) is 0 Å². The number of aromatic nitrogens is 1. The molecule has 0 atom stereocenters. The minimum absolute atomic E-state index is 0.0400. The molecule has 5 nitrogen and oxygen atoms in total. The lowest BCUT2D eigenvalue weighted by atomic mass is 10.1. The predicted octanol–water partition coefficient (Wildman–Crippen LogP) is 6.69. The molecule has 3 aromatic carbocycles. The Labute approximate surface area is 180 Å². The minimum Gasteiger partial charge on any atom is -0.507 e. The summed E-state index contributed by atoms with van der Waals surface area (Å²) >= 11 is 9.34. The number of fused-ring (bicyclic) bond motifs is 1. The zero-order chi connectivity index (χ0) is 20.7. The van der Waals surface area contributed by atoms with E-state index in [1.54, 1.807) is 24.3 Å². The van der Waals surface area contributed by atoms with Gasteiger partial charge in [-0.25, -0.2) is 4.98 Å². The van der Waals surface area contributed by atoms with E-state index in [-0.39, 0.29) is 16.5 Å². The molecule has 0 amide bonds. The van der Waals surface area contributed by atoms with Gasteiger partial charge in [-0.05, 0) is 61.4 Å². The molecular formula is C22H16BrClN2O3. The van der Waals surface area contributed by atoms with Gasteiger partial charge >= 0.3 is 0 Å². The van der Waals surface area contributed by atoms with Crippen molar-refractivity contribution in [2.45, 2.75) is 13.8 Å². The Morgan fingerprint density at radius 2 is 1.90 bits per heavy atom. The van der Waals surface area contributed by atoms with E-state index in [0.717, 1.165) is 21.1 Å². The number of rotatable bonds is 3. The lowest BCUT2D eigenvalue weighted by Gasteiger charge is -2.04. The lowest BCUT2D eigenvalue weighted by Crippen LogP contribution is -1.84. The van der Waals surface area contributed by atoms with Crippen LogP contribution in [0.5, 0.6) is 11.5 Å². The lowest BCUT2D eigenvalue weighted by molar-refractivity contribution is 0.473. The van der Waals surface area contributed by atoms with Crippen LogP contribution in [-0.2, 0) is 0 Å². The van der Waals surface area contributed by atoms with E-state index >= 15 is 0 Å². The van der Waals surface area contributed by atoms with E-state index in [9.17, 15) is 10.2 Å². The Kier molecular flexibility index (Phi) is 5.06. The van der Waals surface area contributed by atoms with Crippen LogP contribution < -0.4 is 0 Å². The van der Waals surface area contributed by atoms with Crippen LogP contribution in [0, 0.1) is 13.8 Å². The summed E-state index contributed by atoms with van der Waals surface area (Å²) in [5.41, 5.74) is 4.95. The number of halogens is 2. The first-order valence-corrected chi connectivity index (χ1v) is 9.92. The number of benzene rings is 3. The highest BCUT2D eigenvalue weighted by Crippen LogP contribution is 2.35. The number of oxazole rings is 1. The first kappa shape index (κ1) is 19.5. The summed E-state index contributed by atoms with van der Waals surface area (Å²) in [7, 11) is 0. The van der Waals surface area contributed by atoms with Crippen molar-refractivity contribution in [3.8, 4) is 23.0 Å². The smallest absolute Gasteiger partial charge is 0.231 e. The standard InChI is InChI=1S/C22H16BrClN2O3/c1-11-5-12(2)21-18(6-11)26-22(29-21)16-9-15(3-4-19(16)27)25-10-13-7-14(23)8-17(24)20(13)28/h3-10,27-28H,1-2H3. The molecule has 7 heteroatoms. The monoisotopic (exact) mass is 470 g/mol. The second kappa shape index (κ2) is 7.54. The molecule has 0 saturated heterocycles. The van der Waals surface area contributed by atoms with Gasteiger partial charge < -0.3 is 14.6 Å². The van der Waals surface area contributed by atoms with Gasteiger partial charge in [-0.15, -0.1) is 0 Å². The summed E-state index contributed by atoms with van der Waals surface area (Å²) in [4.78, 5) is 8.91. The summed E-state index contributed by atoms with van der Waals surface area (Å²) in [5, 5.41) is 20.6. The highest BCUT2D eigenvalue weighted by atomic mass is 79.9. The van der Waals surface area contributed by atoms with Crippen molar-refractivity contribution in [1.29, 1.82) is 0 Å². The number of aryl methyl sites for hydroxylation is 2. The van der Waals surface area contributed by atoms with E-state index in [0.29, 0.717) is 28.3 Å². The summed E-state index contributed by atoms with van der Waals surface area (Å²) < 4.78 is 6.63. The van der Waals surface area contributed by atoms with Gasteiger partial charge in [0.15, 0.2) is 5.58 Å². The van der Waals surface area contributed by atoms with Crippen LogP contribution in [0.3, 0.4) is 0 Å². The third-order valence-electron chi connectivity index (χ3n) is 4.44. The van der Waals surface area contributed by atoms with Crippen molar-refractivity contribution in [2.75, 3.05) is 0 Å². The van der Waals surface area contributed by atoms with Gasteiger partial charge in [-0.2, -0.15) is 0 Å². The van der Waals surface area contributed by atoms with Gasteiger partial charge in [0.1, 0.15) is 17.0 Å². The van der Waals surface area contributed by atoms with Gasteiger partial charge in [0.25, 0.3) is 0 Å². The number of nitrogens with zero attached hydrogens (tertiary/aromatic N) is 2. The average Bonchev–Trinajstić information content (AvgIpc) is 3.08. The molecule has 0 unspecified atom stereocenters. The third kappa shape index (κ3) is 3.86. The number of phenols is 2. The molecule has 0 spiro atoms. The molecular weight excluding hydrogens is 456 g/mol. The molecule has 0 saturated carbocycles. The highest BCUT2D eigenvalue weighted by molar-refractivity contribution is 9.10. The number of aliphatic imine (C=N–C) groups is 1. The molecule has 0 aliphatic carbocycles. The molecule has 0 fully saturated rings. The number of phenolic OH excluding ortho intramolecular Hbond substituents is 2. The maximum atomic E-state index is 10.3. The molecule has 4 rings (SSSR count). The molecule has 146 valence electrons. The van der Waals surface area contributed by atoms with Gasteiger partial charge in [0.05, 0.1) is 16.3 Å². The highest BCUT2D eigenvalue weighted by Gasteiger charge is 2.15. The Bertz CT molecular complexity index is 1280. The van der Waals surface area contributed by atoms with Crippen molar-refractivity contribution in [2.24, 2.45) is 4.99 Å². The Hall–Kier alpha value is -2.83. The normalized spacial score (nSPS) is 11.6. The second-order valence-corrected chi connectivity index (χ2v) is 8.06. The van der Waals surface area contributed by atoms with Gasteiger partial charge in [0, 0.05) is 16.3 Å². The Morgan fingerprint density at radius 3 is 2.69 bits per heavy atom. The molecule has 29 heavy (non-hydrogen) atoms. The van der Waals surface area contributed by atoms with Crippen LogP contribution in [0.25, 0.3) is 22.6 Å². The Morgan fingerprint density at radius 1 is 1.10 bits per heavy atom. The molecule has 0 radical (unpaired) electrons. The second-order valence-electron chi connectivity index (χ2n) is 6.73. The predicted molar refractivity (Wildman–Crippen MR) is 119 cm³/mol. The van der Waals surface area contributed by atoms with E-state index in [1.807, 2.05) is 26.0 Å². The zero-order valence-corrected chi connectivity index (χ0v) is 17.9. The fourth-order valence-corrected chi connectivity index (χ4v) is 3.93. The van der Waals surface area contributed by atoms with Crippen LogP contribution in [0.15, 0.2) is 56.3 Å². The van der Waals surface area contributed by atoms with E-state index < -0.39 is 0 Å². The fourth-order valence-electron chi connectivity index (χ4n) is 3.10. The summed E-state index contributed by atoms with van der Waals surface area (Å²) in [6, 6.07) is 12.1. The van der Waals surface area contributed by atoms with E-state index in [1.165, 1.54) is 12.3 Å². The molecule has 0 aliphatic heterocycles. The first-order valence-electron chi connectivity index (χ1n) is 8.75. The number of aromatic hydroxyl groups is 2. The Balaban J connectivity index is 1.75. The number of hydrogen-bond donors (Lipinski definition) is 2. The van der Waals surface area contributed by atoms with Crippen LogP contribution in [0.2, 0.25) is 5.02 Å². The summed E-state index contributed by atoms with van der Waals surface area (Å²) in [5.74, 6) is 0.303. The van der Waals surface area contributed by atoms with Crippen molar-refractivity contribution >= 4 is 50.5 Å². The fraction of sp³-hybridized carbons (Fsp3) is 0.0909.